The van der Waals surface area contributed by atoms with Gasteiger partial charge in [0.05, 0.1) is 5.75 Å². The number of benzene rings is 2. The Hall–Kier alpha value is -1.69. The summed E-state index contributed by atoms with van der Waals surface area (Å²) in [5, 5.41) is 3.96. The quantitative estimate of drug-likeness (QED) is 0.482. The normalized spacial score (nSPS) is 12.3. The van der Waals surface area contributed by atoms with E-state index in [4.69, 9.17) is 23.2 Å². The first kappa shape index (κ1) is 25.6. The van der Waals surface area contributed by atoms with Crippen LogP contribution in [0, 0.1) is 0 Å². The highest BCUT2D eigenvalue weighted by Crippen LogP contribution is 2.27. The highest BCUT2D eigenvalue weighted by atomic mass is 35.5. The van der Waals surface area contributed by atoms with E-state index in [1.54, 1.807) is 23.1 Å². The summed E-state index contributed by atoms with van der Waals surface area (Å²) >= 11 is 14.3. The van der Waals surface area contributed by atoms with Crippen molar-refractivity contribution in [2.75, 3.05) is 5.75 Å². The van der Waals surface area contributed by atoms with Crippen LogP contribution in [0.15, 0.2) is 48.5 Å². The van der Waals surface area contributed by atoms with E-state index in [2.05, 4.69) is 5.32 Å². The fourth-order valence-electron chi connectivity index (χ4n) is 3.14. The summed E-state index contributed by atoms with van der Waals surface area (Å²) in [4.78, 5) is 27.9. The molecule has 0 saturated heterocycles. The van der Waals surface area contributed by atoms with Crippen LogP contribution in [0.5, 0.6) is 0 Å². The number of amides is 2. The third kappa shape index (κ3) is 8.06. The molecule has 0 aliphatic heterocycles. The highest BCUT2D eigenvalue weighted by Gasteiger charge is 2.31. The van der Waals surface area contributed by atoms with Crippen molar-refractivity contribution < 1.29 is 9.59 Å². The van der Waals surface area contributed by atoms with Crippen molar-refractivity contribution in [3.63, 3.8) is 0 Å². The summed E-state index contributed by atoms with van der Waals surface area (Å²) in [5.74, 6) is 0.682. The predicted molar refractivity (Wildman–Crippen MR) is 132 cm³/mol. The lowest BCUT2D eigenvalue weighted by atomic mass is 10.1. The van der Waals surface area contributed by atoms with Gasteiger partial charge in [-0.05, 0) is 44.9 Å². The number of hydrogen-bond acceptors (Lipinski definition) is 3. The maximum Gasteiger partial charge on any atom is 0.243 e. The Labute approximate surface area is 199 Å². The van der Waals surface area contributed by atoms with Crippen molar-refractivity contribution in [1.29, 1.82) is 0 Å². The fraction of sp³-hybridized carbons (Fsp3) is 0.417. The van der Waals surface area contributed by atoms with Crippen LogP contribution < -0.4 is 5.32 Å². The van der Waals surface area contributed by atoms with E-state index in [1.165, 1.54) is 11.8 Å². The number of nitrogens with zero attached hydrogens (tertiary/aromatic N) is 1. The molecule has 0 radical (unpaired) electrons. The third-order valence-electron chi connectivity index (χ3n) is 4.61. The second kappa shape index (κ2) is 11.8. The largest absolute Gasteiger partial charge is 0.350 e. The fourth-order valence-corrected chi connectivity index (χ4v) is 4.53. The smallest absolute Gasteiger partial charge is 0.243 e. The molecule has 0 aliphatic rings. The average Bonchev–Trinajstić information content (AvgIpc) is 2.69. The molecule has 7 heteroatoms. The molecular weight excluding hydrogens is 451 g/mol. The number of halogens is 2. The zero-order valence-corrected chi connectivity index (χ0v) is 20.8. The highest BCUT2D eigenvalue weighted by molar-refractivity contribution is 7.99. The molecule has 0 saturated carbocycles. The number of rotatable bonds is 9. The van der Waals surface area contributed by atoms with Crippen molar-refractivity contribution in [3.8, 4) is 0 Å². The Bertz CT molecular complexity index is 865. The van der Waals surface area contributed by atoms with Gasteiger partial charge >= 0.3 is 0 Å². The molecule has 1 unspecified atom stereocenters. The van der Waals surface area contributed by atoms with Gasteiger partial charge in [-0.25, -0.2) is 0 Å². The van der Waals surface area contributed by atoms with Gasteiger partial charge in [0.1, 0.15) is 6.04 Å². The van der Waals surface area contributed by atoms with Crippen LogP contribution in [0.3, 0.4) is 0 Å². The topological polar surface area (TPSA) is 49.4 Å². The molecule has 168 valence electrons. The molecule has 2 aromatic carbocycles. The minimum Gasteiger partial charge on any atom is -0.350 e. The Balaban J connectivity index is 2.23. The summed E-state index contributed by atoms with van der Waals surface area (Å²) < 4.78 is 0. The number of hydrogen-bond donors (Lipinski definition) is 1. The first-order valence-corrected chi connectivity index (χ1v) is 12.2. The van der Waals surface area contributed by atoms with Gasteiger partial charge in [-0.3, -0.25) is 9.59 Å². The van der Waals surface area contributed by atoms with Crippen LogP contribution in [0.4, 0.5) is 0 Å². The minimum atomic E-state index is -0.614. The Morgan fingerprint density at radius 2 is 1.65 bits per heavy atom. The molecule has 2 amide bonds. The van der Waals surface area contributed by atoms with Gasteiger partial charge in [0, 0.05) is 33.4 Å². The van der Waals surface area contributed by atoms with E-state index in [0.717, 1.165) is 11.3 Å². The first-order chi connectivity index (χ1) is 14.6. The van der Waals surface area contributed by atoms with E-state index < -0.39 is 11.6 Å². The SMILES string of the molecule is CCC(C(=O)NC(C)(C)C)N(Cc1c(Cl)cccc1Cl)C(=O)CSCc1ccccc1. The van der Waals surface area contributed by atoms with Gasteiger partial charge in [-0.15, -0.1) is 11.8 Å². The molecule has 0 bridgehead atoms. The molecule has 0 spiro atoms. The lowest BCUT2D eigenvalue weighted by Gasteiger charge is -2.33. The van der Waals surface area contributed by atoms with Crippen LogP contribution in [0.1, 0.15) is 45.2 Å². The maximum absolute atomic E-state index is 13.3. The Kier molecular flexibility index (Phi) is 9.73. The monoisotopic (exact) mass is 480 g/mol. The summed E-state index contributed by atoms with van der Waals surface area (Å²) in [7, 11) is 0. The van der Waals surface area contributed by atoms with Crippen molar-refractivity contribution in [2.24, 2.45) is 0 Å². The lowest BCUT2D eigenvalue weighted by Crippen LogP contribution is -2.53. The molecule has 31 heavy (non-hydrogen) atoms. The molecular formula is C24H30Cl2N2O2S. The van der Waals surface area contributed by atoms with Crippen molar-refractivity contribution in [1.82, 2.24) is 10.2 Å². The van der Waals surface area contributed by atoms with Gasteiger partial charge in [-0.1, -0.05) is 66.5 Å². The number of nitrogens with one attached hydrogen (secondary N) is 1. The molecule has 1 atom stereocenters. The standard InChI is InChI=1S/C24H30Cl2N2O2S/c1-5-21(23(30)27-24(2,3)4)28(14-18-19(25)12-9-13-20(18)26)22(29)16-31-15-17-10-7-6-8-11-17/h6-13,21H,5,14-16H2,1-4H3,(H,27,30). The van der Waals surface area contributed by atoms with Gasteiger partial charge in [-0.2, -0.15) is 0 Å². The van der Waals surface area contributed by atoms with Gasteiger partial charge in [0.2, 0.25) is 11.8 Å². The van der Waals surface area contributed by atoms with Crippen LogP contribution in [-0.2, 0) is 21.9 Å². The van der Waals surface area contributed by atoms with Crippen LogP contribution in [0.25, 0.3) is 0 Å². The molecule has 1 N–H and O–H groups in total. The zero-order chi connectivity index (χ0) is 23.0. The summed E-state index contributed by atoms with van der Waals surface area (Å²) in [6.45, 7) is 7.84. The third-order valence-corrected chi connectivity index (χ3v) is 6.31. The number of carbonyl (C=O) groups is 2. The summed E-state index contributed by atoms with van der Waals surface area (Å²) in [6, 6.07) is 14.6. The van der Waals surface area contributed by atoms with E-state index in [-0.39, 0.29) is 24.1 Å². The van der Waals surface area contributed by atoms with Gasteiger partial charge < -0.3 is 10.2 Å². The van der Waals surface area contributed by atoms with Gasteiger partial charge in [0.15, 0.2) is 0 Å². The summed E-state index contributed by atoms with van der Waals surface area (Å²) in [5.41, 5.74) is 1.40. The lowest BCUT2D eigenvalue weighted by molar-refractivity contribution is -0.140. The second-order valence-electron chi connectivity index (χ2n) is 8.36. The molecule has 0 fully saturated rings. The van der Waals surface area contributed by atoms with Crippen LogP contribution in [0.2, 0.25) is 10.0 Å². The second-order valence-corrected chi connectivity index (χ2v) is 10.2. The number of carbonyl (C=O) groups excluding carboxylic acids is 2. The average molecular weight is 481 g/mol. The van der Waals surface area contributed by atoms with Crippen molar-refractivity contribution in [3.05, 3.63) is 69.7 Å². The Morgan fingerprint density at radius 1 is 1.03 bits per heavy atom. The molecule has 0 aliphatic carbocycles. The number of thioether (sulfide) groups is 1. The minimum absolute atomic E-state index is 0.118. The van der Waals surface area contributed by atoms with Gasteiger partial charge in [0.25, 0.3) is 0 Å². The van der Waals surface area contributed by atoms with E-state index in [1.807, 2.05) is 58.0 Å². The van der Waals surface area contributed by atoms with Crippen LogP contribution >= 0.6 is 35.0 Å². The maximum atomic E-state index is 13.3. The van der Waals surface area contributed by atoms with Crippen molar-refractivity contribution in [2.45, 2.75) is 58.0 Å². The van der Waals surface area contributed by atoms with E-state index in [9.17, 15) is 9.59 Å². The van der Waals surface area contributed by atoms with E-state index >= 15 is 0 Å². The summed E-state index contributed by atoms with van der Waals surface area (Å²) in [6.07, 6.45) is 0.485. The zero-order valence-electron chi connectivity index (χ0n) is 18.5. The first-order valence-electron chi connectivity index (χ1n) is 10.3. The van der Waals surface area contributed by atoms with Crippen LogP contribution in [-0.4, -0.2) is 34.0 Å². The molecule has 0 heterocycles. The Morgan fingerprint density at radius 3 is 2.19 bits per heavy atom. The molecule has 0 aromatic heterocycles. The molecule has 2 aromatic rings. The molecule has 2 rings (SSSR count). The van der Waals surface area contributed by atoms with Crippen molar-refractivity contribution >= 4 is 46.8 Å². The molecule has 4 nitrogen and oxygen atoms in total. The van der Waals surface area contributed by atoms with E-state index in [0.29, 0.717) is 22.0 Å². The predicted octanol–water partition coefficient (Wildman–Crippen LogP) is 5.95.